The van der Waals surface area contributed by atoms with Crippen LogP contribution in [0.4, 0.5) is 10.1 Å². The summed E-state index contributed by atoms with van der Waals surface area (Å²) in [5.41, 5.74) is 1.47. The fraction of sp³-hybridized carbons (Fsp3) is 0.214. The summed E-state index contributed by atoms with van der Waals surface area (Å²) in [4.78, 5) is 28.0. The van der Waals surface area contributed by atoms with E-state index in [0.29, 0.717) is 17.0 Å². The number of carbonyl (C=O) groups is 2. The minimum atomic E-state index is -1.05. The summed E-state index contributed by atoms with van der Waals surface area (Å²) < 4.78 is 19.2. The van der Waals surface area contributed by atoms with Gasteiger partial charge in [0.05, 0.1) is 34.3 Å². The first-order chi connectivity index (χ1) is 16.9. The van der Waals surface area contributed by atoms with Gasteiger partial charge >= 0.3 is 0 Å². The SMILES string of the molecule is COc1ccc(C(C)(C)C)cc1/C(O)=C1\C(=O)C(=O)N(c2ccc(Cl)c(Cl)c2)C1c1ccc(F)cc1. The molecule has 1 atom stereocenters. The lowest BCUT2D eigenvalue weighted by Crippen LogP contribution is -2.29. The second-order valence-corrected chi connectivity index (χ2v) is 10.3. The first-order valence-corrected chi connectivity index (χ1v) is 11.9. The Bertz CT molecular complexity index is 1390. The average Bonchev–Trinajstić information content (AvgIpc) is 3.10. The Morgan fingerprint density at radius 2 is 1.64 bits per heavy atom. The third-order valence-electron chi connectivity index (χ3n) is 6.13. The van der Waals surface area contributed by atoms with Gasteiger partial charge in [0.2, 0.25) is 0 Å². The van der Waals surface area contributed by atoms with Crippen molar-refractivity contribution in [3.8, 4) is 5.75 Å². The van der Waals surface area contributed by atoms with Crippen LogP contribution in [0.15, 0.2) is 66.2 Å². The van der Waals surface area contributed by atoms with Crippen LogP contribution < -0.4 is 9.64 Å². The summed E-state index contributed by atoms with van der Waals surface area (Å²) >= 11 is 12.3. The van der Waals surface area contributed by atoms with Gasteiger partial charge in [-0.3, -0.25) is 14.5 Å². The van der Waals surface area contributed by atoms with Gasteiger partial charge < -0.3 is 9.84 Å². The quantitative estimate of drug-likeness (QED) is 0.224. The number of methoxy groups -OCH3 is 1. The van der Waals surface area contributed by atoms with Crippen molar-refractivity contribution >= 4 is 46.3 Å². The average molecular weight is 528 g/mol. The molecule has 1 aliphatic rings. The van der Waals surface area contributed by atoms with Crippen LogP contribution in [-0.4, -0.2) is 23.9 Å². The van der Waals surface area contributed by atoms with Crippen LogP contribution in [0.5, 0.6) is 5.75 Å². The highest BCUT2D eigenvalue weighted by Gasteiger charge is 2.47. The predicted molar refractivity (Wildman–Crippen MR) is 139 cm³/mol. The first kappa shape index (κ1) is 25.7. The molecule has 1 saturated heterocycles. The smallest absolute Gasteiger partial charge is 0.300 e. The normalized spacial score (nSPS) is 17.5. The van der Waals surface area contributed by atoms with Crippen LogP contribution in [0.2, 0.25) is 10.0 Å². The van der Waals surface area contributed by atoms with E-state index in [1.807, 2.05) is 26.8 Å². The Morgan fingerprint density at radius 3 is 2.22 bits per heavy atom. The third-order valence-corrected chi connectivity index (χ3v) is 6.87. The number of aliphatic hydroxyl groups excluding tert-OH is 1. The van der Waals surface area contributed by atoms with E-state index in [1.54, 1.807) is 18.2 Å². The predicted octanol–water partition coefficient (Wildman–Crippen LogP) is 7.06. The minimum Gasteiger partial charge on any atom is -0.507 e. The van der Waals surface area contributed by atoms with Gasteiger partial charge in [-0.1, -0.05) is 62.2 Å². The van der Waals surface area contributed by atoms with Crippen LogP contribution in [0.1, 0.15) is 43.5 Å². The van der Waals surface area contributed by atoms with Gasteiger partial charge in [-0.05, 0) is 59.0 Å². The number of rotatable bonds is 4. The number of anilines is 1. The Hall–Kier alpha value is -3.35. The molecule has 0 spiro atoms. The molecule has 1 N–H and O–H groups in total. The summed E-state index contributed by atoms with van der Waals surface area (Å²) in [6.07, 6.45) is 0. The van der Waals surface area contributed by atoms with Crippen molar-refractivity contribution in [2.75, 3.05) is 12.0 Å². The van der Waals surface area contributed by atoms with Crippen molar-refractivity contribution in [1.29, 1.82) is 0 Å². The van der Waals surface area contributed by atoms with Crippen molar-refractivity contribution in [3.05, 3.63) is 98.8 Å². The number of amides is 1. The molecule has 0 saturated carbocycles. The maximum absolute atomic E-state index is 13.8. The van der Waals surface area contributed by atoms with Crippen LogP contribution in [0.3, 0.4) is 0 Å². The zero-order valence-electron chi connectivity index (χ0n) is 20.1. The van der Waals surface area contributed by atoms with Crippen molar-refractivity contribution < 1.29 is 23.8 Å². The lowest BCUT2D eigenvalue weighted by Gasteiger charge is -2.26. The molecule has 1 heterocycles. The van der Waals surface area contributed by atoms with E-state index in [-0.39, 0.29) is 26.6 Å². The molecule has 0 bridgehead atoms. The molecule has 3 aromatic rings. The second kappa shape index (κ2) is 9.60. The fourth-order valence-electron chi connectivity index (χ4n) is 4.20. The zero-order valence-corrected chi connectivity index (χ0v) is 21.6. The molecular formula is C28H24Cl2FNO4. The lowest BCUT2D eigenvalue weighted by molar-refractivity contribution is -0.132. The van der Waals surface area contributed by atoms with Crippen molar-refractivity contribution in [1.82, 2.24) is 0 Å². The maximum Gasteiger partial charge on any atom is 0.300 e. The van der Waals surface area contributed by atoms with E-state index in [9.17, 15) is 19.1 Å². The fourth-order valence-corrected chi connectivity index (χ4v) is 4.49. The van der Waals surface area contributed by atoms with Crippen molar-refractivity contribution in [3.63, 3.8) is 0 Å². The van der Waals surface area contributed by atoms with Gasteiger partial charge in [0, 0.05) is 5.69 Å². The van der Waals surface area contributed by atoms with Gasteiger partial charge in [0.25, 0.3) is 11.7 Å². The number of ether oxygens (including phenoxy) is 1. The largest absolute Gasteiger partial charge is 0.507 e. The summed E-state index contributed by atoms with van der Waals surface area (Å²) in [5, 5.41) is 12.0. The highest BCUT2D eigenvalue weighted by molar-refractivity contribution is 6.52. The monoisotopic (exact) mass is 527 g/mol. The van der Waals surface area contributed by atoms with E-state index in [4.69, 9.17) is 27.9 Å². The number of ketones is 1. The zero-order chi connectivity index (χ0) is 26.4. The summed E-state index contributed by atoms with van der Waals surface area (Å²) in [6, 6.07) is 14.2. The molecule has 186 valence electrons. The first-order valence-electron chi connectivity index (χ1n) is 11.1. The standard InChI is InChI=1S/C28H24Cl2FNO4/c1-28(2,3)16-7-12-22(36-4)19(13-16)25(33)23-24(15-5-8-17(31)9-6-15)32(27(35)26(23)34)18-10-11-20(29)21(30)14-18/h5-14,24,33H,1-4H3/b25-23+. The number of halogens is 3. The van der Waals surface area contributed by atoms with Gasteiger partial charge in [-0.25, -0.2) is 4.39 Å². The number of Topliss-reactive ketones (excluding diaryl/α,β-unsaturated/α-hetero) is 1. The maximum atomic E-state index is 13.8. The van der Waals surface area contributed by atoms with Crippen LogP contribution >= 0.6 is 23.2 Å². The van der Waals surface area contributed by atoms with Gasteiger partial charge in [0.1, 0.15) is 17.3 Å². The lowest BCUT2D eigenvalue weighted by atomic mass is 9.85. The van der Waals surface area contributed by atoms with Gasteiger partial charge in [-0.15, -0.1) is 0 Å². The molecule has 0 aliphatic carbocycles. The Kier molecular flexibility index (Phi) is 6.86. The third kappa shape index (κ3) is 4.59. The number of hydrogen-bond donors (Lipinski definition) is 1. The minimum absolute atomic E-state index is 0.151. The van der Waals surface area contributed by atoms with Gasteiger partial charge in [-0.2, -0.15) is 0 Å². The topological polar surface area (TPSA) is 66.8 Å². The number of hydrogen-bond acceptors (Lipinski definition) is 4. The molecular weight excluding hydrogens is 504 g/mol. The van der Waals surface area contributed by atoms with E-state index < -0.39 is 29.3 Å². The molecule has 4 rings (SSSR count). The molecule has 1 amide bonds. The van der Waals surface area contributed by atoms with E-state index in [2.05, 4.69) is 0 Å². The number of aliphatic hydroxyl groups is 1. The number of carbonyl (C=O) groups excluding carboxylic acids is 2. The van der Waals surface area contributed by atoms with Crippen molar-refractivity contribution in [2.45, 2.75) is 32.2 Å². The second-order valence-electron chi connectivity index (χ2n) is 9.48. The van der Waals surface area contributed by atoms with E-state index >= 15 is 0 Å². The molecule has 0 aromatic heterocycles. The highest BCUT2D eigenvalue weighted by Crippen LogP contribution is 2.44. The van der Waals surface area contributed by atoms with E-state index in [0.717, 1.165) is 5.56 Å². The van der Waals surface area contributed by atoms with Crippen LogP contribution in [-0.2, 0) is 15.0 Å². The summed E-state index contributed by atoms with van der Waals surface area (Å²) in [6.45, 7) is 6.04. The molecule has 36 heavy (non-hydrogen) atoms. The molecule has 3 aromatic carbocycles. The summed E-state index contributed by atoms with van der Waals surface area (Å²) in [5.74, 6) is -2.30. The molecule has 1 fully saturated rings. The van der Waals surface area contributed by atoms with Crippen LogP contribution in [0.25, 0.3) is 5.76 Å². The Morgan fingerprint density at radius 1 is 0.972 bits per heavy atom. The number of benzene rings is 3. The Balaban J connectivity index is 2.00. The summed E-state index contributed by atoms with van der Waals surface area (Å²) in [7, 11) is 1.45. The molecule has 8 heteroatoms. The van der Waals surface area contributed by atoms with Crippen LogP contribution in [0, 0.1) is 5.82 Å². The van der Waals surface area contributed by atoms with Gasteiger partial charge in [0.15, 0.2) is 0 Å². The molecule has 0 radical (unpaired) electrons. The highest BCUT2D eigenvalue weighted by atomic mass is 35.5. The van der Waals surface area contributed by atoms with E-state index in [1.165, 1.54) is 48.4 Å². The number of nitrogens with zero attached hydrogens (tertiary/aromatic N) is 1. The molecule has 1 unspecified atom stereocenters. The molecule has 1 aliphatic heterocycles. The Labute approximate surface area is 218 Å². The van der Waals surface area contributed by atoms with Crippen molar-refractivity contribution in [2.24, 2.45) is 0 Å². The molecule has 5 nitrogen and oxygen atoms in total.